The number of hydrogen-bond acceptors (Lipinski definition) is 5. The zero-order chi connectivity index (χ0) is 27.9. The number of carbonyl (C=O) groups excluding carboxylic acids is 2. The molecule has 0 spiro atoms. The third kappa shape index (κ3) is 10.0. The Morgan fingerprint density at radius 3 is 2.00 bits per heavy atom. The molecule has 0 unspecified atom stereocenters. The number of ether oxygens (including phenoxy) is 3. The van der Waals surface area contributed by atoms with Crippen LogP contribution in [0.3, 0.4) is 0 Å². The number of unbranched alkanes of at least 4 members (excludes halogenated alkanes) is 8. The van der Waals surface area contributed by atoms with Gasteiger partial charge in [-0.1, -0.05) is 89.5 Å². The summed E-state index contributed by atoms with van der Waals surface area (Å²) in [4.78, 5) is 25.0. The van der Waals surface area contributed by atoms with Gasteiger partial charge in [-0.3, -0.25) is 4.79 Å². The highest BCUT2D eigenvalue weighted by Crippen LogP contribution is 2.26. The van der Waals surface area contributed by atoms with E-state index in [1.165, 1.54) is 44.9 Å². The monoisotopic (exact) mass is 532 g/mol. The molecule has 0 amide bonds. The van der Waals surface area contributed by atoms with Crippen molar-refractivity contribution in [2.75, 3.05) is 13.2 Å². The van der Waals surface area contributed by atoms with E-state index >= 15 is 0 Å². The van der Waals surface area contributed by atoms with Crippen molar-refractivity contribution in [1.29, 1.82) is 0 Å². The van der Waals surface area contributed by atoms with Crippen LogP contribution in [0.2, 0.25) is 0 Å². The van der Waals surface area contributed by atoms with Crippen LogP contribution in [0.15, 0.2) is 60.7 Å². The first-order valence-corrected chi connectivity index (χ1v) is 14.7. The lowest BCUT2D eigenvalue weighted by atomic mass is 9.98. The largest absolute Gasteiger partial charge is 0.494 e. The Morgan fingerprint density at radius 1 is 0.667 bits per heavy atom. The molecule has 39 heavy (non-hydrogen) atoms. The lowest BCUT2D eigenvalue weighted by Gasteiger charge is -2.13. The van der Waals surface area contributed by atoms with Gasteiger partial charge in [0.1, 0.15) is 11.5 Å². The Kier molecular flexibility index (Phi) is 12.8. The number of hydrogen-bond donors (Lipinski definition) is 0. The van der Waals surface area contributed by atoms with Gasteiger partial charge in [0.25, 0.3) is 0 Å². The molecule has 0 saturated carbocycles. The highest BCUT2D eigenvalue weighted by Gasteiger charge is 2.17. The highest BCUT2D eigenvalue weighted by molar-refractivity contribution is 5.92. The van der Waals surface area contributed by atoms with E-state index in [0.29, 0.717) is 24.5 Å². The van der Waals surface area contributed by atoms with Crippen LogP contribution >= 0.6 is 0 Å². The lowest BCUT2D eigenvalue weighted by Crippen LogP contribution is -2.13. The molecular formula is C34H44O5. The number of fused-ring (bicyclic) bond motifs is 1. The van der Waals surface area contributed by atoms with Gasteiger partial charge in [-0.2, -0.15) is 0 Å². The average Bonchev–Trinajstić information content (AvgIpc) is 2.96. The highest BCUT2D eigenvalue weighted by atomic mass is 16.5. The third-order valence-electron chi connectivity index (χ3n) is 7.00. The Labute approximate surface area is 233 Å². The second-order valence-electron chi connectivity index (χ2n) is 10.2. The van der Waals surface area contributed by atoms with Crippen LogP contribution in [0.4, 0.5) is 0 Å². The maximum Gasteiger partial charge on any atom is 0.343 e. The Balaban J connectivity index is 1.46. The molecule has 1 atom stereocenters. The van der Waals surface area contributed by atoms with Gasteiger partial charge in [0.2, 0.25) is 0 Å². The molecule has 0 aliphatic carbocycles. The molecule has 0 aromatic heterocycles. The lowest BCUT2D eigenvalue weighted by molar-refractivity contribution is -0.145. The van der Waals surface area contributed by atoms with Crippen LogP contribution in [-0.4, -0.2) is 25.2 Å². The van der Waals surface area contributed by atoms with Gasteiger partial charge >= 0.3 is 11.9 Å². The van der Waals surface area contributed by atoms with Gasteiger partial charge in [0.15, 0.2) is 0 Å². The van der Waals surface area contributed by atoms with E-state index < -0.39 is 5.97 Å². The normalized spacial score (nSPS) is 11.8. The Hall–Kier alpha value is -3.34. The summed E-state index contributed by atoms with van der Waals surface area (Å²) in [6, 6.07) is 18.5. The van der Waals surface area contributed by atoms with Crippen LogP contribution in [-0.2, 0) is 9.53 Å². The van der Waals surface area contributed by atoms with E-state index in [9.17, 15) is 9.59 Å². The third-order valence-corrected chi connectivity index (χ3v) is 7.00. The average molecular weight is 533 g/mol. The molecule has 5 heteroatoms. The topological polar surface area (TPSA) is 61.8 Å². The standard InChI is InChI=1S/C34H44O5/c1-4-6-8-9-10-11-12-13-23-37-31-19-16-27(17-20-31)34(36)39-32-21-18-29-24-28(14-15-30(29)25-32)26(3)33(35)38-22-7-5-2/h14-21,24-26H,4-13,22-23H2,1-3H3/t26-/m0/s1. The Morgan fingerprint density at radius 2 is 1.28 bits per heavy atom. The minimum Gasteiger partial charge on any atom is -0.494 e. The summed E-state index contributed by atoms with van der Waals surface area (Å²) in [7, 11) is 0. The number of carbonyl (C=O) groups is 2. The van der Waals surface area contributed by atoms with Crippen LogP contribution in [0.1, 0.15) is 107 Å². The fourth-order valence-electron chi connectivity index (χ4n) is 4.43. The van der Waals surface area contributed by atoms with E-state index in [2.05, 4.69) is 13.8 Å². The van der Waals surface area contributed by atoms with Crippen molar-refractivity contribution >= 4 is 22.7 Å². The Bertz CT molecular complexity index is 1170. The fourth-order valence-corrected chi connectivity index (χ4v) is 4.43. The molecule has 0 aliphatic rings. The molecule has 3 aromatic rings. The molecule has 0 fully saturated rings. The molecule has 0 aliphatic heterocycles. The van der Waals surface area contributed by atoms with Crippen molar-refractivity contribution in [3.63, 3.8) is 0 Å². The van der Waals surface area contributed by atoms with Crippen LogP contribution in [0, 0.1) is 0 Å². The summed E-state index contributed by atoms with van der Waals surface area (Å²) in [5.41, 5.74) is 1.37. The molecule has 5 nitrogen and oxygen atoms in total. The summed E-state index contributed by atoms with van der Waals surface area (Å²) in [5.74, 6) is 0.278. The number of rotatable bonds is 17. The summed E-state index contributed by atoms with van der Waals surface area (Å²) in [5, 5.41) is 1.90. The van der Waals surface area contributed by atoms with E-state index in [-0.39, 0.29) is 11.9 Å². The van der Waals surface area contributed by atoms with Crippen LogP contribution in [0.5, 0.6) is 11.5 Å². The van der Waals surface area contributed by atoms with Crippen molar-refractivity contribution in [3.8, 4) is 11.5 Å². The zero-order valence-electron chi connectivity index (χ0n) is 23.9. The minimum absolute atomic E-state index is 0.210. The summed E-state index contributed by atoms with van der Waals surface area (Å²) < 4.78 is 16.8. The molecular weight excluding hydrogens is 488 g/mol. The van der Waals surface area contributed by atoms with E-state index in [1.807, 2.05) is 49.4 Å². The van der Waals surface area contributed by atoms with Crippen LogP contribution in [0.25, 0.3) is 10.8 Å². The van der Waals surface area contributed by atoms with Gasteiger partial charge in [0.05, 0.1) is 24.7 Å². The molecule has 210 valence electrons. The molecule has 0 saturated heterocycles. The van der Waals surface area contributed by atoms with Gasteiger partial charge in [-0.05, 0) is 72.5 Å². The number of benzene rings is 3. The quantitative estimate of drug-likeness (QED) is 0.0986. The van der Waals surface area contributed by atoms with Crippen molar-refractivity contribution < 1.29 is 23.8 Å². The summed E-state index contributed by atoms with van der Waals surface area (Å²) in [6.45, 7) is 7.31. The van der Waals surface area contributed by atoms with Crippen molar-refractivity contribution in [2.45, 2.75) is 90.9 Å². The van der Waals surface area contributed by atoms with Crippen molar-refractivity contribution in [3.05, 3.63) is 71.8 Å². The van der Waals surface area contributed by atoms with E-state index in [4.69, 9.17) is 14.2 Å². The second kappa shape index (κ2) is 16.6. The summed E-state index contributed by atoms with van der Waals surface area (Å²) >= 11 is 0. The first-order valence-electron chi connectivity index (χ1n) is 14.7. The molecule has 0 heterocycles. The van der Waals surface area contributed by atoms with Gasteiger partial charge in [-0.25, -0.2) is 4.79 Å². The molecule has 3 aromatic carbocycles. The second-order valence-corrected chi connectivity index (χ2v) is 10.2. The first kappa shape index (κ1) is 30.2. The maximum absolute atomic E-state index is 12.7. The SMILES string of the molecule is CCCCCCCCCCOc1ccc(C(=O)Oc2ccc3cc([C@H](C)C(=O)OCCCC)ccc3c2)cc1. The zero-order valence-corrected chi connectivity index (χ0v) is 23.9. The van der Waals surface area contributed by atoms with Crippen molar-refractivity contribution in [2.24, 2.45) is 0 Å². The summed E-state index contributed by atoms with van der Waals surface area (Å²) in [6.07, 6.45) is 12.0. The molecule has 0 N–H and O–H groups in total. The predicted molar refractivity (Wildman–Crippen MR) is 158 cm³/mol. The van der Waals surface area contributed by atoms with E-state index in [1.54, 1.807) is 18.2 Å². The predicted octanol–water partition coefficient (Wildman–Crippen LogP) is 9.03. The first-order chi connectivity index (χ1) is 19.0. The molecule has 3 rings (SSSR count). The molecule has 0 radical (unpaired) electrons. The minimum atomic E-state index is -0.413. The fraction of sp³-hybridized carbons (Fsp3) is 0.471. The van der Waals surface area contributed by atoms with E-state index in [0.717, 1.165) is 41.3 Å². The van der Waals surface area contributed by atoms with Gasteiger partial charge in [0, 0.05) is 0 Å². The maximum atomic E-state index is 12.7. The van der Waals surface area contributed by atoms with Crippen LogP contribution < -0.4 is 9.47 Å². The smallest absolute Gasteiger partial charge is 0.343 e. The van der Waals surface area contributed by atoms with Crippen molar-refractivity contribution in [1.82, 2.24) is 0 Å². The molecule has 0 bridgehead atoms. The van der Waals surface area contributed by atoms with Gasteiger partial charge in [-0.15, -0.1) is 0 Å². The van der Waals surface area contributed by atoms with Gasteiger partial charge < -0.3 is 14.2 Å². The number of esters is 2.